The number of nitrogen functional groups attached to an aromatic ring is 1. The van der Waals surface area contributed by atoms with E-state index in [1.54, 1.807) is 4.68 Å². The van der Waals surface area contributed by atoms with Crippen LogP contribution in [0.2, 0.25) is 0 Å². The monoisotopic (exact) mass is 287 g/mol. The van der Waals surface area contributed by atoms with Crippen molar-refractivity contribution in [2.24, 2.45) is 0 Å². The summed E-state index contributed by atoms with van der Waals surface area (Å²) in [7, 11) is 0. The van der Waals surface area contributed by atoms with Crippen LogP contribution in [0.15, 0.2) is 18.3 Å². The molecule has 6 heteroatoms. The molecule has 1 atom stereocenters. The highest BCUT2D eigenvalue weighted by atomic mass is 16.2. The van der Waals surface area contributed by atoms with E-state index in [2.05, 4.69) is 10.1 Å². The van der Waals surface area contributed by atoms with Gasteiger partial charge >= 0.3 is 0 Å². The third-order valence-corrected chi connectivity index (χ3v) is 4.28. The summed E-state index contributed by atoms with van der Waals surface area (Å²) in [5.74, 6) is 0.0951. The Balaban J connectivity index is 1.77. The van der Waals surface area contributed by atoms with Crippen LogP contribution in [0, 0.1) is 13.8 Å². The Kier molecular flexibility index (Phi) is 3.45. The van der Waals surface area contributed by atoms with Crippen molar-refractivity contribution in [2.75, 3.05) is 12.3 Å². The zero-order valence-electron chi connectivity index (χ0n) is 12.5. The van der Waals surface area contributed by atoms with Gasteiger partial charge in [-0.15, -0.1) is 0 Å². The van der Waals surface area contributed by atoms with Crippen LogP contribution < -0.4 is 5.73 Å². The van der Waals surface area contributed by atoms with E-state index in [0.717, 1.165) is 36.5 Å². The summed E-state index contributed by atoms with van der Waals surface area (Å²) in [6.07, 6.45) is 3.94. The number of hydrogen-bond acceptors (Lipinski definition) is 3. The number of rotatable bonds is 3. The molecule has 0 spiro atoms. The van der Waals surface area contributed by atoms with Gasteiger partial charge in [-0.3, -0.25) is 9.48 Å². The van der Waals surface area contributed by atoms with Crippen LogP contribution in [0.3, 0.4) is 0 Å². The fraction of sp³-hybridized carbons (Fsp3) is 0.467. The van der Waals surface area contributed by atoms with Gasteiger partial charge in [-0.1, -0.05) is 0 Å². The Morgan fingerprint density at radius 3 is 2.95 bits per heavy atom. The molecule has 3 rings (SSSR count). The van der Waals surface area contributed by atoms with E-state index in [9.17, 15) is 4.79 Å². The third-order valence-electron chi connectivity index (χ3n) is 4.28. The number of hydrogen-bond donors (Lipinski definition) is 2. The quantitative estimate of drug-likeness (QED) is 0.903. The molecule has 2 aromatic heterocycles. The van der Waals surface area contributed by atoms with E-state index >= 15 is 0 Å². The van der Waals surface area contributed by atoms with Crippen molar-refractivity contribution in [1.29, 1.82) is 0 Å². The Morgan fingerprint density at radius 2 is 2.33 bits per heavy atom. The van der Waals surface area contributed by atoms with Gasteiger partial charge in [-0.2, -0.15) is 5.10 Å². The molecule has 3 heterocycles. The molecule has 1 saturated heterocycles. The maximum Gasteiger partial charge on any atom is 0.244 e. The molecule has 3 N–H and O–H groups in total. The van der Waals surface area contributed by atoms with Crippen molar-refractivity contribution >= 4 is 11.6 Å². The van der Waals surface area contributed by atoms with E-state index in [0.29, 0.717) is 5.69 Å². The van der Waals surface area contributed by atoms with Gasteiger partial charge in [0, 0.05) is 18.4 Å². The van der Waals surface area contributed by atoms with Gasteiger partial charge in [0.05, 0.1) is 23.1 Å². The predicted octanol–water partition coefficient (Wildman–Crippen LogP) is 1.77. The molecule has 0 aromatic carbocycles. The summed E-state index contributed by atoms with van der Waals surface area (Å²) in [6, 6.07) is 4.16. The van der Waals surface area contributed by atoms with Crippen molar-refractivity contribution in [2.45, 2.75) is 39.3 Å². The first-order valence-electron chi connectivity index (χ1n) is 7.30. The smallest absolute Gasteiger partial charge is 0.244 e. The maximum atomic E-state index is 12.6. The number of H-pyrrole nitrogens is 1. The molecule has 1 unspecified atom stereocenters. The number of carbonyl (C=O) groups excluding carboxylic acids is 1. The van der Waals surface area contributed by atoms with Gasteiger partial charge in [-0.05, 0) is 38.8 Å². The van der Waals surface area contributed by atoms with E-state index in [4.69, 9.17) is 5.73 Å². The van der Waals surface area contributed by atoms with Gasteiger partial charge in [-0.25, -0.2) is 0 Å². The second-order valence-corrected chi connectivity index (χ2v) is 5.61. The van der Waals surface area contributed by atoms with Gasteiger partial charge in [0.2, 0.25) is 5.91 Å². The molecule has 21 heavy (non-hydrogen) atoms. The van der Waals surface area contributed by atoms with E-state index in [1.165, 1.54) is 0 Å². The molecular weight excluding hydrogens is 266 g/mol. The number of aryl methyl sites for hydroxylation is 1. The first-order valence-corrected chi connectivity index (χ1v) is 7.30. The van der Waals surface area contributed by atoms with Gasteiger partial charge < -0.3 is 15.6 Å². The lowest BCUT2D eigenvalue weighted by Gasteiger charge is -2.24. The summed E-state index contributed by atoms with van der Waals surface area (Å²) in [5.41, 5.74) is 9.34. The standard InChI is InChI=1S/C15H21N5O/c1-10-15(16)11(2)20(18-10)9-14(21)19-8-4-6-13(19)12-5-3-7-17-12/h3,5,7,13,17H,4,6,8-9,16H2,1-2H3. The summed E-state index contributed by atoms with van der Waals surface area (Å²) in [4.78, 5) is 17.8. The lowest BCUT2D eigenvalue weighted by Crippen LogP contribution is -2.34. The van der Waals surface area contributed by atoms with Crippen LogP contribution in [0.5, 0.6) is 0 Å². The molecule has 1 amide bonds. The van der Waals surface area contributed by atoms with E-state index in [-0.39, 0.29) is 18.5 Å². The predicted molar refractivity (Wildman–Crippen MR) is 80.6 cm³/mol. The molecule has 0 saturated carbocycles. The summed E-state index contributed by atoms with van der Waals surface area (Å²) in [5, 5.41) is 4.35. The highest BCUT2D eigenvalue weighted by molar-refractivity contribution is 5.77. The van der Waals surface area contributed by atoms with Gasteiger partial charge in [0.15, 0.2) is 0 Å². The SMILES string of the molecule is Cc1nn(CC(=O)N2CCCC2c2ccc[nH]2)c(C)c1N. The molecule has 1 aliphatic rings. The highest BCUT2D eigenvalue weighted by Crippen LogP contribution is 2.31. The lowest BCUT2D eigenvalue weighted by molar-refractivity contribution is -0.133. The molecule has 1 aliphatic heterocycles. The Labute approximate surface area is 123 Å². The van der Waals surface area contributed by atoms with Gasteiger partial charge in [0.25, 0.3) is 0 Å². The number of anilines is 1. The zero-order chi connectivity index (χ0) is 15.0. The number of nitrogens with zero attached hydrogens (tertiary/aromatic N) is 3. The minimum Gasteiger partial charge on any atom is -0.396 e. The van der Waals surface area contributed by atoms with Crippen molar-refractivity contribution in [3.63, 3.8) is 0 Å². The minimum atomic E-state index is 0.0951. The van der Waals surface area contributed by atoms with Crippen molar-refractivity contribution < 1.29 is 4.79 Å². The molecule has 112 valence electrons. The topological polar surface area (TPSA) is 79.9 Å². The Bertz CT molecular complexity index is 643. The number of aromatic nitrogens is 3. The van der Waals surface area contributed by atoms with E-state index < -0.39 is 0 Å². The third kappa shape index (κ3) is 2.41. The number of nitrogens with two attached hydrogens (primary N) is 1. The van der Waals surface area contributed by atoms with Crippen LogP contribution in [0.25, 0.3) is 0 Å². The number of likely N-dealkylation sites (tertiary alicyclic amines) is 1. The van der Waals surface area contributed by atoms with Crippen LogP contribution in [0.1, 0.15) is 36.0 Å². The average molecular weight is 287 g/mol. The lowest BCUT2D eigenvalue weighted by atomic mass is 10.1. The average Bonchev–Trinajstić information content (AvgIpc) is 3.17. The Morgan fingerprint density at radius 1 is 1.52 bits per heavy atom. The Hall–Kier alpha value is -2.24. The summed E-state index contributed by atoms with van der Waals surface area (Å²) in [6.45, 7) is 4.81. The highest BCUT2D eigenvalue weighted by Gasteiger charge is 2.30. The first kappa shape index (κ1) is 13.7. The molecule has 6 nitrogen and oxygen atoms in total. The summed E-state index contributed by atoms with van der Waals surface area (Å²) >= 11 is 0. The first-order chi connectivity index (χ1) is 10.1. The normalized spacial score (nSPS) is 18.4. The number of aromatic amines is 1. The molecular formula is C15H21N5O. The fourth-order valence-corrected chi connectivity index (χ4v) is 3.02. The second kappa shape index (κ2) is 5.27. The van der Waals surface area contributed by atoms with Crippen LogP contribution in [-0.4, -0.2) is 32.1 Å². The van der Waals surface area contributed by atoms with Crippen molar-refractivity contribution in [1.82, 2.24) is 19.7 Å². The zero-order valence-corrected chi connectivity index (χ0v) is 12.5. The number of amides is 1. The largest absolute Gasteiger partial charge is 0.396 e. The van der Waals surface area contributed by atoms with Gasteiger partial charge in [0.1, 0.15) is 6.54 Å². The molecule has 0 bridgehead atoms. The van der Waals surface area contributed by atoms with Crippen LogP contribution in [0.4, 0.5) is 5.69 Å². The van der Waals surface area contributed by atoms with Crippen LogP contribution >= 0.6 is 0 Å². The molecule has 1 fully saturated rings. The number of nitrogens with one attached hydrogen (secondary N) is 1. The van der Waals surface area contributed by atoms with Crippen molar-refractivity contribution in [3.8, 4) is 0 Å². The number of carbonyl (C=O) groups is 1. The molecule has 0 aliphatic carbocycles. The van der Waals surface area contributed by atoms with Crippen molar-refractivity contribution in [3.05, 3.63) is 35.4 Å². The second-order valence-electron chi connectivity index (χ2n) is 5.61. The molecule has 0 radical (unpaired) electrons. The minimum absolute atomic E-state index is 0.0951. The molecule has 2 aromatic rings. The maximum absolute atomic E-state index is 12.6. The van der Waals surface area contributed by atoms with Crippen LogP contribution in [-0.2, 0) is 11.3 Å². The fourth-order valence-electron chi connectivity index (χ4n) is 3.02. The van der Waals surface area contributed by atoms with E-state index in [1.807, 2.05) is 37.1 Å². The summed E-state index contributed by atoms with van der Waals surface area (Å²) < 4.78 is 1.71.